The van der Waals surface area contributed by atoms with E-state index in [-0.39, 0.29) is 17.7 Å². The first kappa shape index (κ1) is 11.3. The molecule has 0 spiro atoms. The Morgan fingerprint density at radius 1 is 1.44 bits per heavy atom. The first-order chi connectivity index (χ1) is 7.70. The van der Waals surface area contributed by atoms with Gasteiger partial charge < -0.3 is 5.32 Å². The fraction of sp³-hybridized carbons (Fsp3) is 0.500. The number of thioether (sulfide) groups is 1. The van der Waals surface area contributed by atoms with Gasteiger partial charge in [0.1, 0.15) is 5.01 Å². The van der Waals surface area contributed by atoms with Crippen molar-refractivity contribution in [2.75, 3.05) is 18.1 Å². The maximum Gasteiger partial charge on any atom is 0.288 e. The first-order valence-electron chi connectivity index (χ1n) is 4.68. The number of carbonyl (C=O) groups excluding carboxylic acids is 2. The molecule has 1 fully saturated rings. The highest BCUT2D eigenvalue weighted by Gasteiger charge is 2.27. The van der Waals surface area contributed by atoms with E-state index in [0.717, 1.165) is 0 Å². The average Bonchev–Trinajstić information content (AvgIpc) is 2.71. The van der Waals surface area contributed by atoms with Crippen molar-refractivity contribution in [3.8, 4) is 0 Å². The largest absolute Gasteiger partial charge is 0.363 e. The minimum absolute atomic E-state index is 0.134. The third kappa shape index (κ3) is 2.33. The predicted molar refractivity (Wildman–Crippen MR) is 62.5 cm³/mol. The second-order valence-electron chi connectivity index (χ2n) is 3.10. The number of carbonyl (C=O) groups is 2. The van der Waals surface area contributed by atoms with Crippen molar-refractivity contribution in [1.82, 2.24) is 15.1 Å². The van der Waals surface area contributed by atoms with Crippen LogP contribution in [0.5, 0.6) is 0 Å². The molecule has 0 bridgehead atoms. The van der Waals surface area contributed by atoms with Crippen LogP contribution in [0.2, 0.25) is 0 Å². The summed E-state index contributed by atoms with van der Waals surface area (Å²) in [5, 5.41) is 11.8. The molecule has 2 amide bonds. The number of nitrogens with zero attached hydrogens (tertiary/aromatic N) is 3. The summed E-state index contributed by atoms with van der Waals surface area (Å²) in [6.45, 7) is 0.226. The van der Waals surface area contributed by atoms with Gasteiger partial charge in [-0.1, -0.05) is 23.1 Å². The molecule has 2 rings (SSSR count). The first-order valence-corrected chi connectivity index (χ1v) is 6.48. The molecule has 0 radical (unpaired) electrons. The molecule has 1 aromatic rings. The number of imide groups is 1. The minimum Gasteiger partial charge on any atom is -0.363 e. The zero-order valence-corrected chi connectivity index (χ0v) is 10.2. The van der Waals surface area contributed by atoms with Gasteiger partial charge in [0.25, 0.3) is 5.24 Å². The Bertz CT molecular complexity index is 404. The van der Waals surface area contributed by atoms with Crippen molar-refractivity contribution in [1.29, 1.82) is 0 Å². The van der Waals surface area contributed by atoms with Gasteiger partial charge in [-0.15, -0.1) is 10.2 Å². The topological polar surface area (TPSA) is 75.2 Å². The Labute approximate surface area is 100 Å². The van der Waals surface area contributed by atoms with Gasteiger partial charge in [-0.25, -0.2) is 0 Å². The standard InChI is InChI=1S/C8H10N4O2S2/c1-9-7-11-10-5(16-7)4-12-6(13)2-3-15-8(12)14/h2-4H2,1H3,(H,9,11). The number of hydrogen-bond donors (Lipinski definition) is 1. The maximum absolute atomic E-state index is 11.5. The van der Waals surface area contributed by atoms with Crippen LogP contribution in [0.15, 0.2) is 0 Å². The van der Waals surface area contributed by atoms with Gasteiger partial charge in [-0.05, 0) is 0 Å². The third-order valence-electron chi connectivity index (χ3n) is 2.04. The van der Waals surface area contributed by atoms with Gasteiger partial charge in [0.2, 0.25) is 11.0 Å². The van der Waals surface area contributed by atoms with E-state index in [1.807, 2.05) is 0 Å². The second-order valence-corrected chi connectivity index (χ2v) is 5.20. The fourth-order valence-electron chi connectivity index (χ4n) is 1.25. The molecule has 2 heterocycles. The van der Waals surface area contributed by atoms with Crippen LogP contribution in [0.4, 0.5) is 9.93 Å². The molecular weight excluding hydrogens is 248 g/mol. The van der Waals surface area contributed by atoms with Crippen molar-refractivity contribution >= 4 is 39.4 Å². The maximum atomic E-state index is 11.5. The Morgan fingerprint density at radius 3 is 2.88 bits per heavy atom. The molecule has 16 heavy (non-hydrogen) atoms. The fourth-order valence-corrected chi connectivity index (χ4v) is 2.70. The van der Waals surface area contributed by atoms with Crippen LogP contribution < -0.4 is 5.32 Å². The number of amides is 2. The van der Waals surface area contributed by atoms with Crippen molar-refractivity contribution in [3.05, 3.63) is 5.01 Å². The summed E-state index contributed by atoms with van der Waals surface area (Å²) in [5.41, 5.74) is 0. The molecule has 6 nitrogen and oxygen atoms in total. The molecule has 1 aliphatic rings. The molecule has 0 unspecified atom stereocenters. The van der Waals surface area contributed by atoms with Crippen molar-refractivity contribution < 1.29 is 9.59 Å². The van der Waals surface area contributed by atoms with Crippen LogP contribution in [-0.2, 0) is 11.3 Å². The number of nitrogens with one attached hydrogen (secondary N) is 1. The Morgan fingerprint density at radius 2 is 2.25 bits per heavy atom. The Balaban J connectivity index is 2.07. The summed E-state index contributed by atoms with van der Waals surface area (Å²) in [4.78, 5) is 24.2. The smallest absolute Gasteiger partial charge is 0.288 e. The SMILES string of the molecule is CNc1nnc(CN2C(=O)CCSC2=O)s1. The minimum atomic E-state index is -0.197. The normalized spacial score (nSPS) is 16.7. The summed E-state index contributed by atoms with van der Waals surface area (Å²) < 4.78 is 0. The summed E-state index contributed by atoms with van der Waals surface area (Å²) in [5.74, 6) is 0.441. The third-order valence-corrected chi connectivity index (χ3v) is 3.84. The van der Waals surface area contributed by atoms with Gasteiger partial charge in [-0.2, -0.15) is 0 Å². The van der Waals surface area contributed by atoms with Gasteiger partial charge in [-0.3, -0.25) is 14.5 Å². The van der Waals surface area contributed by atoms with Crippen LogP contribution in [0, 0.1) is 0 Å². The average molecular weight is 258 g/mol. The lowest BCUT2D eigenvalue weighted by Crippen LogP contribution is -2.37. The highest BCUT2D eigenvalue weighted by atomic mass is 32.2. The summed E-state index contributed by atoms with van der Waals surface area (Å²) >= 11 is 2.51. The van der Waals surface area contributed by atoms with Gasteiger partial charge in [0.05, 0.1) is 6.54 Å². The second kappa shape index (κ2) is 4.79. The lowest BCUT2D eigenvalue weighted by Gasteiger charge is -2.22. The molecule has 1 saturated heterocycles. The van der Waals surface area contributed by atoms with Crippen LogP contribution in [0.25, 0.3) is 0 Å². The Kier molecular flexibility index (Phi) is 3.39. The highest BCUT2D eigenvalue weighted by molar-refractivity contribution is 8.13. The molecule has 0 aliphatic carbocycles. The number of aromatic nitrogens is 2. The van der Waals surface area contributed by atoms with Crippen LogP contribution in [0.3, 0.4) is 0 Å². The van der Waals surface area contributed by atoms with Crippen molar-refractivity contribution in [2.24, 2.45) is 0 Å². The zero-order valence-electron chi connectivity index (χ0n) is 8.60. The Hall–Kier alpha value is -1.15. The molecule has 0 aromatic carbocycles. The molecule has 1 N–H and O–H groups in total. The summed E-state index contributed by atoms with van der Waals surface area (Å²) in [6.07, 6.45) is 0.411. The van der Waals surface area contributed by atoms with Gasteiger partial charge >= 0.3 is 0 Å². The van der Waals surface area contributed by atoms with E-state index in [9.17, 15) is 9.59 Å². The van der Waals surface area contributed by atoms with E-state index >= 15 is 0 Å². The lowest BCUT2D eigenvalue weighted by atomic mass is 10.4. The number of anilines is 1. The van der Waals surface area contributed by atoms with Crippen LogP contribution in [-0.4, -0.2) is 39.0 Å². The van der Waals surface area contributed by atoms with Crippen molar-refractivity contribution in [2.45, 2.75) is 13.0 Å². The van der Waals surface area contributed by atoms with E-state index in [1.165, 1.54) is 28.0 Å². The quantitative estimate of drug-likeness (QED) is 0.877. The van der Waals surface area contributed by atoms with Crippen LogP contribution in [0.1, 0.15) is 11.4 Å². The molecule has 1 aromatic heterocycles. The molecule has 8 heteroatoms. The van der Waals surface area contributed by atoms with E-state index in [1.54, 1.807) is 7.05 Å². The number of hydrogen-bond acceptors (Lipinski definition) is 7. The molecule has 0 saturated carbocycles. The molecule has 0 atom stereocenters. The lowest BCUT2D eigenvalue weighted by molar-refractivity contribution is -0.128. The summed E-state index contributed by atoms with van der Waals surface area (Å²) in [7, 11) is 1.75. The summed E-state index contributed by atoms with van der Waals surface area (Å²) in [6, 6.07) is 0. The highest BCUT2D eigenvalue weighted by Crippen LogP contribution is 2.22. The molecule has 86 valence electrons. The van der Waals surface area contributed by atoms with Crippen LogP contribution >= 0.6 is 23.1 Å². The predicted octanol–water partition coefficient (Wildman–Crippen LogP) is 1.17. The molecular formula is C8H10N4O2S2. The number of rotatable bonds is 3. The van der Waals surface area contributed by atoms with E-state index in [4.69, 9.17) is 0 Å². The van der Waals surface area contributed by atoms with Gasteiger partial charge in [0, 0.05) is 19.2 Å². The van der Waals surface area contributed by atoms with E-state index < -0.39 is 0 Å². The molecule has 1 aliphatic heterocycles. The van der Waals surface area contributed by atoms with E-state index in [0.29, 0.717) is 22.3 Å². The van der Waals surface area contributed by atoms with E-state index in [2.05, 4.69) is 15.5 Å². The zero-order chi connectivity index (χ0) is 11.5. The monoisotopic (exact) mass is 258 g/mol. The van der Waals surface area contributed by atoms with Crippen molar-refractivity contribution in [3.63, 3.8) is 0 Å². The van der Waals surface area contributed by atoms with Gasteiger partial charge in [0.15, 0.2) is 0 Å².